The van der Waals surface area contributed by atoms with E-state index in [2.05, 4.69) is 34.3 Å². The van der Waals surface area contributed by atoms with Crippen LogP contribution in [0.2, 0.25) is 0 Å². The van der Waals surface area contributed by atoms with Crippen molar-refractivity contribution >= 4 is 44.5 Å². The van der Waals surface area contributed by atoms with Gasteiger partial charge in [-0.15, -0.1) is 22.7 Å². The first-order valence-corrected chi connectivity index (χ1v) is 7.65. The van der Waals surface area contributed by atoms with Gasteiger partial charge in [0.25, 0.3) is 5.91 Å². The molecule has 0 spiro atoms. The van der Waals surface area contributed by atoms with E-state index in [0.717, 1.165) is 9.35 Å². The Bertz CT molecular complexity index is 532. The van der Waals surface area contributed by atoms with E-state index >= 15 is 0 Å². The third-order valence-corrected chi connectivity index (χ3v) is 5.02. The first-order valence-electron chi connectivity index (χ1n) is 5.10. The van der Waals surface area contributed by atoms with Crippen LogP contribution in [0.1, 0.15) is 20.8 Å². The smallest absolute Gasteiger partial charge is 0.254 e. The lowest BCUT2D eigenvalue weighted by Crippen LogP contribution is -2.25. The fraction of sp³-hybridized carbons (Fsp3) is 0.250. The van der Waals surface area contributed by atoms with E-state index in [0.29, 0.717) is 6.54 Å². The molecule has 0 aliphatic rings. The Kier molecular flexibility index (Phi) is 4.01. The van der Waals surface area contributed by atoms with E-state index in [-0.39, 0.29) is 5.91 Å². The molecule has 0 radical (unpaired) electrons. The van der Waals surface area contributed by atoms with Gasteiger partial charge in [-0.05, 0) is 45.9 Å². The zero-order valence-electron chi connectivity index (χ0n) is 9.57. The SMILES string of the molecule is Cc1ccsc1CN(C)C(=O)c1csc(Br)c1. The minimum atomic E-state index is 0.0692. The van der Waals surface area contributed by atoms with Crippen LogP contribution in [0.4, 0.5) is 0 Å². The molecular weight excluding hydrogens is 318 g/mol. The van der Waals surface area contributed by atoms with Gasteiger partial charge in [0.2, 0.25) is 0 Å². The third kappa shape index (κ3) is 2.97. The Morgan fingerprint density at radius 3 is 2.76 bits per heavy atom. The summed E-state index contributed by atoms with van der Waals surface area (Å²) in [5.74, 6) is 0.0692. The van der Waals surface area contributed by atoms with Gasteiger partial charge in [0.1, 0.15) is 0 Å². The molecular formula is C12H12BrNOS2. The van der Waals surface area contributed by atoms with Crippen LogP contribution in [-0.4, -0.2) is 17.9 Å². The molecule has 0 aliphatic carbocycles. The lowest BCUT2D eigenvalue weighted by atomic mass is 10.2. The second-order valence-corrected chi connectivity index (χ2v) is 7.12. The van der Waals surface area contributed by atoms with Gasteiger partial charge in [0, 0.05) is 17.3 Å². The van der Waals surface area contributed by atoms with Crippen LogP contribution in [-0.2, 0) is 6.54 Å². The van der Waals surface area contributed by atoms with E-state index in [1.54, 1.807) is 16.2 Å². The normalized spacial score (nSPS) is 10.5. The van der Waals surface area contributed by atoms with E-state index in [4.69, 9.17) is 0 Å². The molecule has 0 N–H and O–H groups in total. The summed E-state index contributed by atoms with van der Waals surface area (Å²) in [4.78, 5) is 15.1. The van der Waals surface area contributed by atoms with Crippen molar-refractivity contribution in [2.75, 3.05) is 7.05 Å². The molecule has 90 valence electrons. The topological polar surface area (TPSA) is 20.3 Å². The number of rotatable bonds is 3. The van der Waals surface area contributed by atoms with Crippen LogP contribution in [0, 0.1) is 6.92 Å². The lowest BCUT2D eigenvalue weighted by molar-refractivity contribution is 0.0787. The molecule has 5 heteroatoms. The highest BCUT2D eigenvalue weighted by Crippen LogP contribution is 2.23. The summed E-state index contributed by atoms with van der Waals surface area (Å²) in [6.07, 6.45) is 0. The Labute approximate surface area is 117 Å². The maximum Gasteiger partial charge on any atom is 0.254 e. The summed E-state index contributed by atoms with van der Waals surface area (Å²) < 4.78 is 0.988. The van der Waals surface area contributed by atoms with Gasteiger partial charge >= 0.3 is 0 Å². The average Bonchev–Trinajstić information content (AvgIpc) is 2.88. The highest BCUT2D eigenvalue weighted by Gasteiger charge is 2.14. The Balaban J connectivity index is 2.08. The monoisotopic (exact) mass is 329 g/mol. The van der Waals surface area contributed by atoms with E-state index in [1.807, 2.05) is 18.5 Å². The standard InChI is InChI=1S/C12H12BrNOS2/c1-8-3-4-16-10(8)6-14(2)12(15)9-5-11(13)17-7-9/h3-5,7H,6H2,1-2H3. The van der Waals surface area contributed by atoms with Crippen LogP contribution >= 0.6 is 38.6 Å². The molecule has 2 nitrogen and oxygen atoms in total. The van der Waals surface area contributed by atoms with Crippen LogP contribution in [0.25, 0.3) is 0 Å². The molecule has 0 bridgehead atoms. The Hall–Kier alpha value is -0.650. The second kappa shape index (κ2) is 5.33. The molecule has 0 saturated heterocycles. The fourth-order valence-electron chi connectivity index (χ4n) is 1.50. The highest BCUT2D eigenvalue weighted by molar-refractivity contribution is 9.11. The number of hydrogen-bond donors (Lipinski definition) is 0. The van der Waals surface area contributed by atoms with Crippen molar-refractivity contribution < 1.29 is 4.79 Å². The maximum atomic E-state index is 12.1. The first kappa shape index (κ1) is 12.8. The Morgan fingerprint density at radius 1 is 1.47 bits per heavy atom. The zero-order chi connectivity index (χ0) is 12.4. The number of carbonyl (C=O) groups is 1. The van der Waals surface area contributed by atoms with E-state index < -0.39 is 0 Å². The predicted octanol–water partition coefficient (Wildman–Crippen LogP) is 4.15. The molecule has 2 aromatic rings. The van der Waals surface area contributed by atoms with Gasteiger partial charge in [-0.25, -0.2) is 0 Å². The number of amides is 1. The molecule has 2 heterocycles. The summed E-state index contributed by atoms with van der Waals surface area (Å²) in [6, 6.07) is 3.95. The van der Waals surface area contributed by atoms with Gasteiger partial charge in [-0.1, -0.05) is 0 Å². The maximum absolute atomic E-state index is 12.1. The van der Waals surface area contributed by atoms with Crippen molar-refractivity contribution in [3.8, 4) is 0 Å². The van der Waals surface area contributed by atoms with Gasteiger partial charge < -0.3 is 4.90 Å². The van der Waals surface area contributed by atoms with Crippen molar-refractivity contribution in [1.29, 1.82) is 0 Å². The fourth-order valence-corrected chi connectivity index (χ4v) is 3.58. The van der Waals surface area contributed by atoms with Crippen molar-refractivity contribution in [2.24, 2.45) is 0 Å². The van der Waals surface area contributed by atoms with Gasteiger partial charge in [0.05, 0.1) is 15.9 Å². The molecule has 0 aromatic carbocycles. The van der Waals surface area contributed by atoms with Crippen LogP contribution in [0.3, 0.4) is 0 Å². The number of hydrogen-bond acceptors (Lipinski definition) is 3. The Morgan fingerprint density at radius 2 is 2.24 bits per heavy atom. The molecule has 0 atom stereocenters. The molecule has 0 unspecified atom stereocenters. The van der Waals surface area contributed by atoms with Crippen molar-refractivity contribution in [3.63, 3.8) is 0 Å². The summed E-state index contributed by atoms with van der Waals surface area (Å²) in [5, 5.41) is 3.94. The largest absolute Gasteiger partial charge is 0.337 e. The first-order chi connectivity index (χ1) is 8.08. The number of halogens is 1. The molecule has 17 heavy (non-hydrogen) atoms. The average molecular weight is 330 g/mol. The third-order valence-electron chi connectivity index (χ3n) is 2.51. The summed E-state index contributed by atoms with van der Waals surface area (Å²) in [7, 11) is 1.84. The summed E-state index contributed by atoms with van der Waals surface area (Å²) >= 11 is 6.60. The molecule has 1 amide bonds. The number of thiophene rings is 2. The number of aryl methyl sites for hydroxylation is 1. The van der Waals surface area contributed by atoms with Crippen LogP contribution < -0.4 is 0 Å². The second-order valence-electron chi connectivity index (χ2n) is 3.83. The summed E-state index contributed by atoms with van der Waals surface area (Å²) in [5.41, 5.74) is 2.00. The quantitative estimate of drug-likeness (QED) is 0.828. The zero-order valence-corrected chi connectivity index (χ0v) is 12.8. The lowest BCUT2D eigenvalue weighted by Gasteiger charge is -2.16. The number of carbonyl (C=O) groups excluding carboxylic acids is 1. The summed E-state index contributed by atoms with van der Waals surface area (Å²) in [6.45, 7) is 2.75. The van der Waals surface area contributed by atoms with Gasteiger partial charge in [-0.2, -0.15) is 0 Å². The minimum Gasteiger partial charge on any atom is -0.337 e. The molecule has 0 aliphatic heterocycles. The van der Waals surface area contributed by atoms with Crippen LogP contribution in [0.5, 0.6) is 0 Å². The van der Waals surface area contributed by atoms with E-state index in [9.17, 15) is 4.79 Å². The van der Waals surface area contributed by atoms with Crippen molar-refractivity contribution in [3.05, 3.63) is 42.7 Å². The van der Waals surface area contributed by atoms with Crippen LogP contribution in [0.15, 0.2) is 26.7 Å². The molecule has 2 aromatic heterocycles. The van der Waals surface area contributed by atoms with Crippen molar-refractivity contribution in [1.82, 2.24) is 4.90 Å². The minimum absolute atomic E-state index is 0.0692. The van der Waals surface area contributed by atoms with Gasteiger partial charge in [0.15, 0.2) is 0 Å². The molecule has 2 rings (SSSR count). The molecule has 0 fully saturated rings. The van der Waals surface area contributed by atoms with Gasteiger partial charge in [-0.3, -0.25) is 4.79 Å². The van der Waals surface area contributed by atoms with E-state index in [1.165, 1.54) is 21.8 Å². The predicted molar refractivity (Wildman–Crippen MR) is 76.9 cm³/mol. The van der Waals surface area contributed by atoms with Crippen molar-refractivity contribution in [2.45, 2.75) is 13.5 Å². The highest BCUT2D eigenvalue weighted by atomic mass is 79.9. The number of nitrogens with zero attached hydrogens (tertiary/aromatic N) is 1. The molecule has 0 saturated carbocycles.